The summed E-state index contributed by atoms with van der Waals surface area (Å²) in [5.41, 5.74) is -2.73. The predicted octanol–water partition coefficient (Wildman–Crippen LogP) is 2.87. The summed E-state index contributed by atoms with van der Waals surface area (Å²) in [6, 6.07) is 0. The minimum absolute atomic E-state index is 0.0995. The maximum atomic E-state index is 12.7. The summed E-state index contributed by atoms with van der Waals surface area (Å²) in [5.74, 6) is -2.91. The minimum atomic E-state index is -4.94. The summed E-state index contributed by atoms with van der Waals surface area (Å²) in [6.07, 6.45) is -2.23. The predicted molar refractivity (Wildman–Crippen MR) is 70.9 cm³/mol. The van der Waals surface area contributed by atoms with E-state index in [2.05, 4.69) is 5.32 Å². The molecule has 2 N–H and O–H groups in total. The second kappa shape index (κ2) is 3.97. The Morgan fingerprint density at radius 3 is 1.86 bits per heavy atom. The average molecular weight is 319 g/mol. The first kappa shape index (κ1) is 15.6. The molecule has 0 aromatic carbocycles. The molecule has 0 saturated heterocycles. The van der Waals surface area contributed by atoms with Gasteiger partial charge in [-0.15, -0.1) is 0 Å². The van der Waals surface area contributed by atoms with Crippen LogP contribution in [0.3, 0.4) is 0 Å². The number of carboxylic acid groups (broad SMARTS) is 1. The molecule has 0 aromatic heterocycles. The molecule has 7 heteroatoms. The summed E-state index contributed by atoms with van der Waals surface area (Å²) >= 11 is 0. The number of hydrogen-bond donors (Lipinski definition) is 2. The Bertz CT molecular complexity index is 539. The van der Waals surface area contributed by atoms with E-state index in [4.69, 9.17) is 0 Å². The number of amides is 1. The minimum Gasteiger partial charge on any atom is -0.481 e. The van der Waals surface area contributed by atoms with Gasteiger partial charge in [-0.25, -0.2) is 0 Å². The van der Waals surface area contributed by atoms with E-state index in [9.17, 15) is 27.9 Å². The van der Waals surface area contributed by atoms with Crippen molar-refractivity contribution in [1.29, 1.82) is 0 Å². The van der Waals surface area contributed by atoms with E-state index in [0.29, 0.717) is 25.7 Å². The normalized spacial score (nSPS) is 46.6. The topological polar surface area (TPSA) is 66.4 Å². The van der Waals surface area contributed by atoms with Gasteiger partial charge < -0.3 is 10.4 Å². The molecule has 0 aromatic rings. The molecule has 4 aliphatic carbocycles. The molecule has 4 rings (SSSR count). The van der Waals surface area contributed by atoms with Gasteiger partial charge in [0.05, 0.1) is 5.41 Å². The Morgan fingerprint density at radius 1 is 0.955 bits per heavy atom. The fourth-order valence-corrected chi connectivity index (χ4v) is 6.37. The van der Waals surface area contributed by atoms with Crippen LogP contribution in [0.15, 0.2) is 0 Å². The van der Waals surface area contributed by atoms with E-state index in [0.717, 1.165) is 6.42 Å². The van der Waals surface area contributed by atoms with Crippen molar-refractivity contribution in [2.45, 2.75) is 64.1 Å². The number of nitrogens with one attached hydrogen (secondary N) is 1. The number of alkyl halides is 3. The number of halogens is 3. The van der Waals surface area contributed by atoms with E-state index in [1.807, 2.05) is 13.8 Å². The molecular weight excluding hydrogens is 299 g/mol. The van der Waals surface area contributed by atoms with Crippen molar-refractivity contribution in [2.24, 2.45) is 16.2 Å². The number of rotatable bonds is 2. The third kappa shape index (κ3) is 2.20. The summed E-state index contributed by atoms with van der Waals surface area (Å²) < 4.78 is 38.0. The van der Waals surface area contributed by atoms with Crippen LogP contribution in [0.4, 0.5) is 13.2 Å². The molecule has 4 bridgehead atoms. The van der Waals surface area contributed by atoms with Crippen LogP contribution >= 0.6 is 0 Å². The zero-order chi connectivity index (χ0) is 16.6. The highest BCUT2D eigenvalue weighted by molar-refractivity contribution is 5.83. The monoisotopic (exact) mass is 319 g/mol. The lowest BCUT2D eigenvalue weighted by Crippen LogP contribution is -2.70. The molecule has 4 nitrogen and oxygen atoms in total. The SMILES string of the molecule is CC12CC3(C)CC(NC(=O)C(F)(F)F)(C1)CC(C(=O)O)(C2)C3. The second-order valence-corrected chi connectivity index (χ2v) is 8.50. The van der Waals surface area contributed by atoms with Crippen molar-refractivity contribution in [3.63, 3.8) is 0 Å². The Hall–Kier alpha value is -1.27. The number of carbonyl (C=O) groups is 2. The summed E-state index contributed by atoms with van der Waals surface area (Å²) in [7, 11) is 0. The molecular formula is C15H20F3NO3. The van der Waals surface area contributed by atoms with Crippen molar-refractivity contribution in [1.82, 2.24) is 5.32 Å². The standard InChI is InChI=1S/C15H20F3NO3/c1-11-3-12(2)5-13(4-11,10(21)22)8-14(6-11,7-12)19-9(20)15(16,17)18/h3-8H2,1-2H3,(H,19,20)(H,21,22). The molecule has 4 saturated carbocycles. The molecule has 4 aliphatic rings. The van der Waals surface area contributed by atoms with Crippen LogP contribution in [0, 0.1) is 16.2 Å². The van der Waals surface area contributed by atoms with E-state index < -0.39 is 29.0 Å². The molecule has 0 heterocycles. The zero-order valence-electron chi connectivity index (χ0n) is 12.6. The van der Waals surface area contributed by atoms with Crippen LogP contribution < -0.4 is 5.32 Å². The zero-order valence-corrected chi connectivity index (χ0v) is 12.6. The highest BCUT2D eigenvalue weighted by Crippen LogP contribution is 2.70. The summed E-state index contributed by atoms with van der Waals surface area (Å²) in [4.78, 5) is 23.3. The van der Waals surface area contributed by atoms with Gasteiger partial charge in [0, 0.05) is 5.54 Å². The number of hydrogen-bond acceptors (Lipinski definition) is 2. The molecule has 0 aliphatic heterocycles. The average Bonchev–Trinajstić information content (AvgIpc) is 2.20. The van der Waals surface area contributed by atoms with Gasteiger partial charge in [0.2, 0.25) is 0 Å². The van der Waals surface area contributed by atoms with Crippen molar-refractivity contribution >= 4 is 11.9 Å². The highest BCUT2D eigenvalue weighted by atomic mass is 19.4. The first-order chi connectivity index (χ1) is 9.81. The van der Waals surface area contributed by atoms with Crippen LogP contribution in [0.2, 0.25) is 0 Å². The molecule has 2 unspecified atom stereocenters. The van der Waals surface area contributed by atoms with Crippen molar-refractivity contribution < 1.29 is 27.9 Å². The van der Waals surface area contributed by atoms with Gasteiger partial charge in [-0.1, -0.05) is 13.8 Å². The van der Waals surface area contributed by atoms with Crippen LogP contribution in [-0.2, 0) is 9.59 Å². The maximum Gasteiger partial charge on any atom is 0.471 e. The van der Waals surface area contributed by atoms with Gasteiger partial charge >= 0.3 is 18.1 Å². The lowest BCUT2D eigenvalue weighted by Gasteiger charge is -2.68. The number of carbonyl (C=O) groups excluding carboxylic acids is 1. The fourth-order valence-electron chi connectivity index (χ4n) is 6.37. The van der Waals surface area contributed by atoms with Crippen LogP contribution in [0.1, 0.15) is 52.4 Å². The van der Waals surface area contributed by atoms with Crippen LogP contribution in [-0.4, -0.2) is 28.7 Å². The van der Waals surface area contributed by atoms with E-state index in [1.165, 1.54) is 0 Å². The molecule has 0 radical (unpaired) electrons. The smallest absolute Gasteiger partial charge is 0.471 e. The molecule has 124 valence electrons. The Morgan fingerprint density at radius 2 is 1.45 bits per heavy atom. The van der Waals surface area contributed by atoms with Gasteiger partial charge in [0.25, 0.3) is 0 Å². The summed E-state index contributed by atoms with van der Waals surface area (Å²) in [6.45, 7) is 3.88. The second-order valence-electron chi connectivity index (χ2n) is 8.50. The largest absolute Gasteiger partial charge is 0.481 e. The lowest BCUT2D eigenvalue weighted by molar-refractivity contribution is -0.202. The van der Waals surface area contributed by atoms with Gasteiger partial charge in [0.1, 0.15) is 0 Å². The van der Waals surface area contributed by atoms with E-state index in [-0.39, 0.29) is 17.3 Å². The lowest BCUT2D eigenvalue weighted by atomic mass is 9.38. The first-order valence-corrected chi connectivity index (χ1v) is 7.44. The molecule has 22 heavy (non-hydrogen) atoms. The third-order valence-electron chi connectivity index (χ3n) is 5.68. The van der Waals surface area contributed by atoms with E-state index in [1.54, 1.807) is 0 Å². The molecule has 2 atom stereocenters. The molecule has 0 spiro atoms. The Balaban J connectivity index is 1.99. The third-order valence-corrected chi connectivity index (χ3v) is 5.68. The van der Waals surface area contributed by atoms with Crippen molar-refractivity contribution in [2.75, 3.05) is 0 Å². The highest BCUT2D eigenvalue weighted by Gasteiger charge is 2.68. The van der Waals surface area contributed by atoms with Gasteiger partial charge in [-0.05, 0) is 49.4 Å². The molecule has 1 amide bonds. The van der Waals surface area contributed by atoms with Gasteiger partial charge in [-0.3, -0.25) is 9.59 Å². The van der Waals surface area contributed by atoms with Crippen molar-refractivity contribution in [3.05, 3.63) is 0 Å². The number of aliphatic carboxylic acids is 1. The number of carboxylic acids is 1. The quantitative estimate of drug-likeness (QED) is 0.822. The maximum absolute atomic E-state index is 12.7. The van der Waals surface area contributed by atoms with E-state index >= 15 is 0 Å². The van der Waals surface area contributed by atoms with Crippen LogP contribution in [0.25, 0.3) is 0 Å². The summed E-state index contributed by atoms with van der Waals surface area (Å²) in [5, 5.41) is 11.8. The van der Waals surface area contributed by atoms with Crippen LogP contribution in [0.5, 0.6) is 0 Å². The van der Waals surface area contributed by atoms with Crippen molar-refractivity contribution in [3.8, 4) is 0 Å². The Labute approximate surface area is 126 Å². The molecule has 4 fully saturated rings. The van der Waals surface area contributed by atoms with Gasteiger partial charge in [-0.2, -0.15) is 13.2 Å². The Kier molecular flexibility index (Phi) is 2.82. The van der Waals surface area contributed by atoms with Gasteiger partial charge in [0.15, 0.2) is 0 Å². The fraction of sp³-hybridized carbons (Fsp3) is 0.867. The first-order valence-electron chi connectivity index (χ1n) is 7.44.